The molecule has 0 unspecified atom stereocenters. The van der Waals surface area contributed by atoms with E-state index in [1.54, 1.807) is 15.9 Å². The molecule has 0 saturated heterocycles. The fourth-order valence-electron chi connectivity index (χ4n) is 2.59. The van der Waals surface area contributed by atoms with Gasteiger partial charge in [-0.15, -0.1) is 11.6 Å². The van der Waals surface area contributed by atoms with E-state index in [1.165, 1.54) is 0 Å². The van der Waals surface area contributed by atoms with Crippen molar-refractivity contribution in [3.05, 3.63) is 11.4 Å². The Hall–Kier alpha value is -0.590. The summed E-state index contributed by atoms with van der Waals surface area (Å²) < 4.78 is 29.0. The molecule has 1 heterocycles. The summed E-state index contributed by atoms with van der Waals surface area (Å²) in [7, 11) is -3.44. The number of aromatic nitrogens is 2. The molecule has 0 spiro atoms. The topological polar surface area (TPSA) is 55.2 Å². The average Bonchev–Trinajstić information content (AvgIpc) is 3.14. The lowest BCUT2D eigenvalue weighted by Gasteiger charge is -2.20. The summed E-state index contributed by atoms with van der Waals surface area (Å²) in [5, 5.41) is 4.36. The highest BCUT2D eigenvalue weighted by Gasteiger charge is 2.39. The van der Waals surface area contributed by atoms with Gasteiger partial charge in [-0.25, -0.2) is 8.42 Å². The number of sulfonamides is 1. The third-order valence-corrected chi connectivity index (χ3v) is 6.20. The first-order valence-corrected chi connectivity index (χ1v) is 9.02. The lowest BCUT2D eigenvalue weighted by molar-refractivity contribution is 0.420. The Labute approximate surface area is 126 Å². The zero-order valence-electron chi connectivity index (χ0n) is 12.3. The van der Waals surface area contributed by atoms with Gasteiger partial charge in [0.15, 0.2) is 0 Å². The van der Waals surface area contributed by atoms with Crippen LogP contribution in [0.25, 0.3) is 0 Å². The minimum atomic E-state index is -3.44. The first-order chi connectivity index (χ1) is 9.43. The number of hydrogen-bond donors (Lipinski definition) is 0. The van der Waals surface area contributed by atoms with Crippen LogP contribution in [0.5, 0.6) is 0 Å². The highest BCUT2D eigenvalue weighted by atomic mass is 35.5. The van der Waals surface area contributed by atoms with Crippen LogP contribution in [-0.4, -0.2) is 41.0 Å². The fraction of sp³-hybridized carbons (Fsp3) is 0.769. The van der Waals surface area contributed by atoms with Crippen molar-refractivity contribution < 1.29 is 8.42 Å². The second-order valence-corrected chi connectivity index (χ2v) is 7.41. The van der Waals surface area contributed by atoms with Crippen molar-refractivity contribution in [2.45, 2.75) is 57.5 Å². The first kappa shape index (κ1) is 15.8. The summed E-state index contributed by atoms with van der Waals surface area (Å²) in [5.41, 5.74) is 1.29. The molecule has 1 aliphatic rings. The van der Waals surface area contributed by atoms with Crippen molar-refractivity contribution in [2.24, 2.45) is 0 Å². The molecule has 0 atom stereocenters. The van der Waals surface area contributed by atoms with E-state index in [2.05, 4.69) is 5.10 Å². The van der Waals surface area contributed by atoms with Crippen molar-refractivity contribution in [1.82, 2.24) is 14.1 Å². The van der Waals surface area contributed by atoms with Crippen LogP contribution in [0.1, 0.15) is 37.6 Å². The van der Waals surface area contributed by atoms with Gasteiger partial charge in [-0.2, -0.15) is 9.40 Å². The number of hydrogen-bond acceptors (Lipinski definition) is 3. The van der Waals surface area contributed by atoms with Gasteiger partial charge in [-0.05, 0) is 33.1 Å². The van der Waals surface area contributed by atoms with Crippen LogP contribution in [0, 0.1) is 13.8 Å². The van der Waals surface area contributed by atoms with Crippen molar-refractivity contribution >= 4 is 21.6 Å². The fourth-order valence-corrected chi connectivity index (χ4v) is 4.78. The Morgan fingerprint density at radius 1 is 1.40 bits per heavy atom. The highest BCUT2D eigenvalue weighted by Crippen LogP contribution is 2.33. The Bertz CT molecular complexity index is 579. The van der Waals surface area contributed by atoms with Crippen LogP contribution < -0.4 is 0 Å². The van der Waals surface area contributed by atoms with E-state index < -0.39 is 10.0 Å². The predicted octanol–water partition coefficient (Wildman–Crippen LogP) is 2.30. The molecule has 0 bridgehead atoms. The van der Waals surface area contributed by atoms with Crippen LogP contribution in [-0.2, 0) is 16.6 Å². The Kier molecular flexibility index (Phi) is 4.76. The van der Waals surface area contributed by atoms with Gasteiger partial charge in [0, 0.05) is 25.0 Å². The van der Waals surface area contributed by atoms with E-state index in [9.17, 15) is 8.42 Å². The van der Waals surface area contributed by atoms with Gasteiger partial charge < -0.3 is 0 Å². The molecule has 0 aromatic carbocycles. The van der Waals surface area contributed by atoms with Crippen LogP contribution in [0.2, 0.25) is 0 Å². The standard InChI is InChI=1S/C13H22ClN3O2S/c1-4-17(12-6-7-12)20(18,19)13-10(2)15-16(11(13)3)9-5-8-14/h12H,4-9H2,1-3H3. The zero-order chi connectivity index (χ0) is 14.9. The number of aryl methyl sites for hydroxylation is 2. The van der Waals surface area contributed by atoms with E-state index in [4.69, 9.17) is 11.6 Å². The minimum Gasteiger partial charge on any atom is -0.268 e. The molecular weight excluding hydrogens is 298 g/mol. The molecule has 7 heteroatoms. The van der Waals surface area contributed by atoms with E-state index in [-0.39, 0.29) is 6.04 Å². The third-order valence-electron chi connectivity index (χ3n) is 3.65. The lowest BCUT2D eigenvalue weighted by Crippen LogP contribution is -2.33. The number of rotatable bonds is 7. The van der Waals surface area contributed by atoms with Crippen LogP contribution in [0.15, 0.2) is 4.90 Å². The second-order valence-electron chi connectivity index (χ2n) is 5.21. The normalized spacial score (nSPS) is 16.1. The monoisotopic (exact) mass is 319 g/mol. The third kappa shape index (κ3) is 2.87. The summed E-state index contributed by atoms with van der Waals surface area (Å²) >= 11 is 5.70. The highest BCUT2D eigenvalue weighted by molar-refractivity contribution is 7.89. The summed E-state index contributed by atoms with van der Waals surface area (Å²) in [6.07, 6.45) is 2.71. The van der Waals surface area contributed by atoms with Gasteiger partial charge in [0.1, 0.15) is 4.90 Å². The summed E-state index contributed by atoms with van der Waals surface area (Å²) in [4.78, 5) is 0.376. The quantitative estimate of drug-likeness (QED) is 0.725. The molecule has 5 nitrogen and oxygen atoms in total. The molecule has 114 valence electrons. The average molecular weight is 320 g/mol. The molecule has 0 amide bonds. The molecule has 1 aromatic heterocycles. The van der Waals surface area contributed by atoms with Gasteiger partial charge in [0.25, 0.3) is 0 Å². The zero-order valence-corrected chi connectivity index (χ0v) is 13.8. The molecule has 1 aliphatic carbocycles. The molecule has 0 aliphatic heterocycles. The summed E-state index contributed by atoms with van der Waals surface area (Å²) in [5.74, 6) is 0.545. The Morgan fingerprint density at radius 3 is 2.55 bits per heavy atom. The van der Waals surface area contributed by atoms with Crippen molar-refractivity contribution in [3.8, 4) is 0 Å². The summed E-state index contributed by atoms with van der Waals surface area (Å²) in [6.45, 7) is 6.64. The van der Waals surface area contributed by atoms with Crippen molar-refractivity contribution in [2.75, 3.05) is 12.4 Å². The maximum Gasteiger partial charge on any atom is 0.246 e. The van der Waals surface area contributed by atoms with Crippen LogP contribution in [0.4, 0.5) is 0 Å². The molecule has 2 rings (SSSR count). The van der Waals surface area contributed by atoms with Gasteiger partial charge in [-0.3, -0.25) is 4.68 Å². The van der Waals surface area contributed by atoms with Crippen molar-refractivity contribution in [1.29, 1.82) is 0 Å². The maximum absolute atomic E-state index is 12.8. The van der Waals surface area contributed by atoms with E-state index in [0.717, 1.165) is 19.3 Å². The van der Waals surface area contributed by atoms with E-state index >= 15 is 0 Å². The largest absolute Gasteiger partial charge is 0.268 e. The van der Waals surface area contributed by atoms with Crippen LogP contribution in [0.3, 0.4) is 0 Å². The van der Waals surface area contributed by atoms with E-state index in [0.29, 0.717) is 35.3 Å². The van der Waals surface area contributed by atoms with Gasteiger partial charge in [0.05, 0.1) is 11.4 Å². The molecule has 0 radical (unpaired) electrons. The SMILES string of the molecule is CCN(C1CC1)S(=O)(=O)c1c(C)nn(CCCCl)c1C. The van der Waals surface area contributed by atoms with Gasteiger partial charge in [-0.1, -0.05) is 6.92 Å². The Morgan fingerprint density at radius 2 is 2.05 bits per heavy atom. The van der Waals surface area contributed by atoms with Gasteiger partial charge >= 0.3 is 0 Å². The predicted molar refractivity (Wildman–Crippen MR) is 79.6 cm³/mol. The smallest absolute Gasteiger partial charge is 0.246 e. The molecule has 1 fully saturated rings. The Balaban J connectivity index is 2.38. The van der Waals surface area contributed by atoms with Gasteiger partial charge in [0.2, 0.25) is 10.0 Å². The summed E-state index contributed by atoms with van der Waals surface area (Å²) in [6, 6.07) is 0.176. The van der Waals surface area contributed by atoms with Crippen LogP contribution >= 0.6 is 11.6 Å². The maximum atomic E-state index is 12.8. The molecule has 1 aromatic rings. The number of alkyl halides is 1. The second kappa shape index (κ2) is 6.03. The molecular formula is C13H22ClN3O2S. The minimum absolute atomic E-state index is 0.176. The molecule has 1 saturated carbocycles. The first-order valence-electron chi connectivity index (χ1n) is 7.05. The van der Waals surface area contributed by atoms with Crippen molar-refractivity contribution in [3.63, 3.8) is 0 Å². The molecule has 20 heavy (non-hydrogen) atoms. The lowest BCUT2D eigenvalue weighted by atomic mass is 10.4. The number of nitrogens with zero attached hydrogens (tertiary/aromatic N) is 3. The van der Waals surface area contributed by atoms with E-state index in [1.807, 2.05) is 13.8 Å². The number of halogens is 1. The molecule has 0 N–H and O–H groups in total.